The second kappa shape index (κ2) is 3.60. The number of guanidine groups is 1. The Hall–Kier alpha value is -0.730. The van der Waals surface area contributed by atoms with Crippen LogP contribution in [0.5, 0.6) is 0 Å². The van der Waals surface area contributed by atoms with Crippen LogP contribution in [0.15, 0.2) is 4.99 Å². The molecule has 3 nitrogen and oxygen atoms in total. The van der Waals surface area contributed by atoms with E-state index in [2.05, 4.69) is 24.2 Å². The maximum absolute atomic E-state index is 5.63. The molecular formula is C8H17N3. The molecule has 0 saturated heterocycles. The van der Waals surface area contributed by atoms with Gasteiger partial charge in [-0.3, -0.25) is 4.99 Å². The van der Waals surface area contributed by atoms with Gasteiger partial charge in [-0.15, -0.1) is 0 Å². The fourth-order valence-electron chi connectivity index (χ4n) is 0.792. The number of hydrogen-bond donors (Lipinski definition) is 2. The van der Waals surface area contributed by atoms with Crippen LogP contribution < -0.4 is 11.1 Å². The van der Waals surface area contributed by atoms with Crippen molar-refractivity contribution in [2.75, 3.05) is 0 Å². The van der Waals surface area contributed by atoms with Crippen LogP contribution in [-0.2, 0) is 0 Å². The van der Waals surface area contributed by atoms with Gasteiger partial charge in [0.1, 0.15) is 0 Å². The first kappa shape index (κ1) is 8.37. The maximum Gasteiger partial charge on any atom is 0.189 e. The van der Waals surface area contributed by atoms with Gasteiger partial charge in [-0.05, 0) is 26.2 Å². The Morgan fingerprint density at radius 3 is 2.82 bits per heavy atom. The van der Waals surface area contributed by atoms with E-state index in [1.807, 2.05) is 0 Å². The summed E-state index contributed by atoms with van der Waals surface area (Å²) in [6.07, 6.45) is 3.51. The quantitative estimate of drug-likeness (QED) is 0.469. The molecule has 1 unspecified atom stereocenters. The summed E-state index contributed by atoms with van der Waals surface area (Å²) in [5, 5.41) is 3.13. The van der Waals surface area contributed by atoms with Gasteiger partial charge in [-0.25, -0.2) is 0 Å². The molecule has 1 aliphatic carbocycles. The summed E-state index contributed by atoms with van der Waals surface area (Å²) in [5.41, 5.74) is 5.63. The average molecular weight is 155 g/mol. The van der Waals surface area contributed by atoms with Gasteiger partial charge in [-0.1, -0.05) is 6.92 Å². The molecule has 0 aromatic carbocycles. The van der Waals surface area contributed by atoms with Crippen LogP contribution in [0.2, 0.25) is 0 Å². The number of nitrogens with one attached hydrogen (secondary N) is 1. The molecule has 64 valence electrons. The highest BCUT2D eigenvalue weighted by Gasteiger charge is 2.20. The van der Waals surface area contributed by atoms with E-state index >= 15 is 0 Å². The molecule has 1 rings (SSSR count). The van der Waals surface area contributed by atoms with Crippen LogP contribution in [0.4, 0.5) is 0 Å². The van der Waals surface area contributed by atoms with E-state index in [0.29, 0.717) is 18.0 Å². The molecule has 1 saturated carbocycles. The Balaban J connectivity index is 2.23. The van der Waals surface area contributed by atoms with Gasteiger partial charge >= 0.3 is 0 Å². The largest absolute Gasteiger partial charge is 0.370 e. The first-order valence-electron chi connectivity index (χ1n) is 4.32. The van der Waals surface area contributed by atoms with E-state index in [1.54, 1.807) is 0 Å². The second-order valence-electron chi connectivity index (χ2n) is 3.20. The van der Waals surface area contributed by atoms with E-state index in [-0.39, 0.29) is 0 Å². The van der Waals surface area contributed by atoms with Crippen molar-refractivity contribution in [1.82, 2.24) is 5.32 Å². The molecule has 0 aromatic heterocycles. The molecule has 1 atom stereocenters. The van der Waals surface area contributed by atoms with Crippen LogP contribution in [0.25, 0.3) is 0 Å². The summed E-state index contributed by atoms with van der Waals surface area (Å²) in [5.74, 6) is 0.613. The highest BCUT2D eigenvalue weighted by molar-refractivity contribution is 5.78. The van der Waals surface area contributed by atoms with Gasteiger partial charge in [0.05, 0.1) is 6.04 Å². The predicted octanol–water partition coefficient (Wildman–Crippen LogP) is 0.852. The van der Waals surface area contributed by atoms with Gasteiger partial charge < -0.3 is 11.1 Å². The number of hydrogen-bond acceptors (Lipinski definition) is 1. The highest BCUT2D eigenvalue weighted by Crippen LogP contribution is 2.22. The summed E-state index contributed by atoms with van der Waals surface area (Å²) in [7, 11) is 0. The zero-order valence-corrected chi connectivity index (χ0v) is 7.30. The fourth-order valence-corrected chi connectivity index (χ4v) is 0.792. The molecule has 3 N–H and O–H groups in total. The van der Waals surface area contributed by atoms with Crippen LogP contribution >= 0.6 is 0 Å². The summed E-state index contributed by atoms with van der Waals surface area (Å²) < 4.78 is 0. The Kier molecular flexibility index (Phi) is 2.74. The lowest BCUT2D eigenvalue weighted by Gasteiger charge is -2.11. The van der Waals surface area contributed by atoms with Gasteiger partial charge in [0.2, 0.25) is 0 Å². The summed E-state index contributed by atoms with van der Waals surface area (Å²) in [4.78, 5) is 4.26. The second-order valence-corrected chi connectivity index (χ2v) is 3.20. The highest BCUT2D eigenvalue weighted by atomic mass is 15.1. The molecule has 11 heavy (non-hydrogen) atoms. The van der Waals surface area contributed by atoms with E-state index in [9.17, 15) is 0 Å². The monoisotopic (exact) mass is 155 g/mol. The van der Waals surface area contributed by atoms with Crippen molar-refractivity contribution >= 4 is 5.96 Å². The minimum Gasteiger partial charge on any atom is -0.370 e. The number of rotatable bonds is 3. The zero-order chi connectivity index (χ0) is 8.27. The molecule has 0 spiro atoms. The van der Waals surface area contributed by atoms with Crippen LogP contribution in [0, 0.1) is 0 Å². The first-order chi connectivity index (χ1) is 5.22. The zero-order valence-electron chi connectivity index (χ0n) is 7.30. The standard InChI is InChI=1S/C8H17N3/c1-3-6(2)10-8(9)11-7-4-5-7/h6-7H,3-5H2,1-2H3,(H3,9,10,11). The van der Waals surface area contributed by atoms with E-state index in [1.165, 1.54) is 12.8 Å². The summed E-state index contributed by atoms with van der Waals surface area (Å²) in [6.45, 7) is 4.23. The van der Waals surface area contributed by atoms with E-state index in [0.717, 1.165) is 6.42 Å². The van der Waals surface area contributed by atoms with Gasteiger partial charge in [0.25, 0.3) is 0 Å². The smallest absolute Gasteiger partial charge is 0.189 e. The molecule has 0 aromatic rings. The molecule has 0 amide bonds. The number of nitrogens with two attached hydrogens (primary N) is 1. The lowest BCUT2D eigenvalue weighted by Crippen LogP contribution is -2.38. The van der Waals surface area contributed by atoms with E-state index in [4.69, 9.17) is 5.73 Å². The van der Waals surface area contributed by atoms with Crippen molar-refractivity contribution in [1.29, 1.82) is 0 Å². The average Bonchev–Trinajstić information content (AvgIpc) is 2.71. The third-order valence-corrected chi connectivity index (χ3v) is 1.88. The van der Waals surface area contributed by atoms with Crippen molar-refractivity contribution in [3.8, 4) is 0 Å². The first-order valence-corrected chi connectivity index (χ1v) is 4.32. The van der Waals surface area contributed by atoms with Crippen LogP contribution in [0.1, 0.15) is 33.1 Å². The normalized spacial score (nSPS) is 21.5. The Morgan fingerprint density at radius 1 is 1.73 bits per heavy atom. The molecule has 1 fully saturated rings. The summed E-state index contributed by atoms with van der Waals surface area (Å²) in [6, 6.07) is 0.962. The minimum absolute atomic E-state index is 0.442. The predicted molar refractivity (Wildman–Crippen MR) is 47.5 cm³/mol. The molecular weight excluding hydrogens is 138 g/mol. The van der Waals surface area contributed by atoms with Gasteiger partial charge in [-0.2, -0.15) is 0 Å². The van der Waals surface area contributed by atoms with Gasteiger partial charge in [0.15, 0.2) is 5.96 Å². The molecule has 0 radical (unpaired) electrons. The Labute approximate surface area is 68.1 Å². The Bertz CT molecular complexity index is 149. The van der Waals surface area contributed by atoms with Crippen molar-refractivity contribution in [3.05, 3.63) is 0 Å². The summed E-state index contributed by atoms with van der Waals surface area (Å²) >= 11 is 0. The fraction of sp³-hybridized carbons (Fsp3) is 0.875. The molecule has 0 bridgehead atoms. The molecule has 0 aliphatic heterocycles. The van der Waals surface area contributed by atoms with Crippen molar-refractivity contribution in [2.24, 2.45) is 10.7 Å². The van der Waals surface area contributed by atoms with Gasteiger partial charge in [0, 0.05) is 6.04 Å². The molecule has 3 heteroatoms. The SMILES string of the molecule is CCC(C)NC(N)=NC1CC1. The third kappa shape index (κ3) is 3.25. The van der Waals surface area contributed by atoms with Crippen molar-refractivity contribution in [3.63, 3.8) is 0 Å². The lowest BCUT2D eigenvalue weighted by atomic mass is 10.3. The topological polar surface area (TPSA) is 50.4 Å². The third-order valence-electron chi connectivity index (χ3n) is 1.88. The van der Waals surface area contributed by atoms with Crippen molar-refractivity contribution < 1.29 is 0 Å². The maximum atomic E-state index is 5.63. The minimum atomic E-state index is 0.442. The Morgan fingerprint density at radius 2 is 2.36 bits per heavy atom. The molecule has 1 aliphatic rings. The van der Waals surface area contributed by atoms with Crippen LogP contribution in [0.3, 0.4) is 0 Å². The number of aliphatic imine (C=N–C) groups is 1. The van der Waals surface area contributed by atoms with Crippen LogP contribution in [-0.4, -0.2) is 18.0 Å². The van der Waals surface area contributed by atoms with E-state index < -0.39 is 0 Å². The lowest BCUT2D eigenvalue weighted by molar-refractivity contribution is 0.636. The number of nitrogens with zero attached hydrogens (tertiary/aromatic N) is 1. The van der Waals surface area contributed by atoms with Crippen molar-refractivity contribution in [2.45, 2.75) is 45.2 Å². The molecule has 0 heterocycles.